The summed E-state index contributed by atoms with van der Waals surface area (Å²) in [5.74, 6) is -0.388. The molecule has 3 amide bonds. The van der Waals surface area contributed by atoms with E-state index < -0.39 is 24.0 Å². The van der Waals surface area contributed by atoms with Gasteiger partial charge in [0.05, 0.1) is 0 Å². The van der Waals surface area contributed by atoms with Crippen molar-refractivity contribution in [2.45, 2.75) is 33.8 Å². The molecule has 7 heteroatoms. The highest BCUT2D eigenvalue weighted by molar-refractivity contribution is 5.99. The third-order valence-electron chi connectivity index (χ3n) is 3.90. The molecule has 7 nitrogen and oxygen atoms in total. The molecular weight excluding hydrogens is 336 g/mol. The number of furan rings is 1. The highest BCUT2D eigenvalue weighted by atomic mass is 16.5. The average molecular weight is 358 g/mol. The Morgan fingerprint density at radius 1 is 1.08 bits per heavy atom. The number of benzene rings is 1. The highest BCUT2D eigenvalue weighted by Gasteiger charge is 2.29. The van der Waals surface area contributed by atoms with E-state index in [1.54, 1.807) is 58.0 Å². The topological polar surface area (TPSA) is 97.6 Å². The van der Waals surface area contributed by atoms with E-state index in [4.69, 9.17) is 9.15 Å². The standard InChI is InChI=1S/C19H22N2O5/c1-5-20-19(24)21-17(22)16(14-9-7-6-8-10-14)26-18(23)15-11(2)12(3)25-13(15)4/h6-10,16H,5H2,1-4H3,(H2,20,21,22,24)/t16-/m0/s1. The number of urea groups is 1. The SMILES string of the molecule is CCNC(=O)NC(=O)[C@@H](OC(=O)c1c(C)oc(C)c1C)c1ccccc1. The minimum Gasteiger partial charge on any atom is -0.465 e. The number of aryl methyl sites for hydroxylation is 2. The van der Waals surface area contributed by atoms with Gasteiger partial charge in [0.25, 0.3) is 5.91 Å². The lowest BCUT2D eigenvalue weighted by atomic mass is 10.1. The fourth-order valence-electron chi connectivity index (χ4n) is 2.54. The Hall–Kier alpha value is -3.09. The second-order valence-electron chi connectivity index (χ2n) is 5.76. The van der Waals surface area contributed by atoms with Crippen LogP contribution < -0.4 is 10.6 Å². The van der Waals surface area contributed by atoms with Gasteiger partial charge in [0.15, 0.2) is 0 Å². The van der Waals surface area contributed by atoms with Crippen LogP contribution in [0.15, 0.2) is 34.7 Å². The molecule has 0 radical (unpaired) electrons. The van der Waals surface area contributed by atoms with E-state index in [0.29, 0.717) is 29.2 Å². The van der Waals surface area contributed by atoms with Gasteiger partial charge < -0.3 is 14.5 Å². The molecule has 2 aromatic rings. The van der Waals surface area contributed by atoms with Gasteiger partial charge in [-0.2, -0.15) is 0 Å². The van der Waals surface area contributed by atoms with Gasteiger partial charge in [-0.05, 0) is 27.7 Å². The van der Waals surface area contributed by atoms with E-state index >= 15 is 0 Å². The normalized spacial score (nSPS) is 11.5. The number of rotatable bonds is 5. The van der Waals surface area contributed by atoms with Gasteiger partial charge in [0.2, 0.25) is 6.10 Å². The van der Waals surface area contributed by atoms with Crippen LogP contribution in [-0.4, -0.2) is 24.5 Å². The fourth-order valence-corrected chi connectivity index (χ4v) is 2.54. The molecule has 2 N–H and O–H groups in total. The molecule has 1 heterocycles. The first-order valence-electron chi connectivity index (χ1n) is 8.26. The molecule has 0 unspecified atom stereocenters. The number of esters is 1. The summed E-state index contributed by atoms with van der Waals surface area (Å²) >= 11 is 0. The summed E-state index contributed by atoms with van der Waals surface area (Å²) in [6, 6.07) is 7.85. The Morgan fingerprint density at radius 3 is 2.27 bits per heavy atom. The van der Waals surface area contributed by atoms with Crippen LogP contribution >= 0.6 is 0 Å². The molecule has 1 aromatic carbocycles. The van der Waals surface area contributed by atoms with Crippen LogP contribution in [0.2, 0.25) is 0 Å². The van der Waals surface area contributed by atoms with Crippen LogP contribution in [0.4, 0.5) is 4.79 Å². The number of nitrogens with one attached hydrogen (secondary N) is 2. The minimum absolute atomic E-state index is 0.286. The summed E-state index contributed by atoms with van der Waals surface area (Å²) in [6.07, 6.45) is -1.26. The van der Waals surface area contributed by atoms with E-state index in [1.807, 2.05) is 0 Å². The van der Waals surface area contributed by atoms with Crippen LogP contribution in [0, 0.1) is 20.8 Å². The summed E-state index contributed by atoms with van der Waals surface area (Å²) in [7, 11) is 0. The molecular formula is C19H22N2O5. The zero-order valence-corrected chi connectivity index (χ0v) is 15.2. The molecule has 26 heavy (non-hydrogen) atoms. The molecule has 0 aliphatic carbocycles. The number of hydrogen-bond acceptors (Lipinski definition) is 5. The number of imide groups is 1. The lowest BCUT2D eigenvalue weighted by Gasteiger charge is -2.17. The molecule has 0 saturated heterocycles. The first-order chi connectivity index (χ1) is 12.3. The Bertz CT molecular complexity index is 811. The third-order valence-corrected chi connectivity index (χ3v) is 3.90. The summed E-state index contributed by atoms with van der Waals surface area (Å²) in [5, 5.41) is 4.64. The molecule has 0 aliphatic rings. The third kappa shape index (κ3) is 4.30. The molecule has 0 bridgehead atoms. The number of carbonyl (C=O) groups is 3. The monoisotopic (exact) mass is 358 g/mol. The van der Waals surface area contributed by atoms with Gasteiger partial charge in [-0.1, -0.05) is 30.3 Å². The van der Waals surface area contributed by atoms with E-state index in [2.05, 4.69) is 10.6 Å². The molecule has 1 atom stereocenters. The summed E-state index contributed by atoms with van der Waals surface area (Å²) in [4.78, 5) is 36.8. The zero-order chi connectivity index (χ0) is 19.3. The van der Waals surface area contributed by atoms with Crippen LogP contribution in [0.1, 0.15) is 46.0 Å². The van der Waals surface area contributed by atoms with Crippen LogP contribution in [0.3, 0.4) is 0 Å². The Labute approximate surface area is 151 Å². The van der Waals surface area contributed by atoms with Crippen LogP contribution in [-0.2, 0) is 9.53 Å². The largest absolute Gasteiger partial charge is 0.465 e. The quantitative estimate of drug-likeness (QED) is 0.801. The van der Waals surface area contributed by atoms with Gasteiger partial charge in [0.1, 0.15) is 17.1 Å². The van der Waals surface area contributed by atoms with Crippen molar-refractivity contribution in [1.29, 1.82) is 0 Å². The Balaban J connectivity index is 2.28. The van der Waals surface area contributed by atoms with Gasteiger partial charge in [0, 0.05) is 17.7 Å². The first kappa shape index (κ1) is 19.2. The maximum atomic E-state index is 12.6. The number of ether oxygens (including phenoxy) is 1. The minimum atomic E-state index is -1.26. The Kier molecular flexibility index (Phi) is 6.16. The highest BCUT2D eigenvalue weighted by Crippen LogP contribution is 2.25. The predicted molar refractivity (Wildman–Crippen MR) is 94.7 cm³/mol. The van der Waals surface area contributed by atoms with Gasteiger partial charge in [-0.3, -0.25) is 10.1 Å². The number of hydrogen-bond donors (Lipinski definition) is 2. The fraction of sp³-hybridized carbons (Fsp3) is 0.316. The number of carbonyl (C=O) groups excluding carboxylic acids is 3. The number of amides is 3. The lowest BCUT2D eigenvalue weighted by molar-refractivity contribution is -0.129. The summed E-state index contributed by atoms with van der Waals surface area (Å²) in [6.45, 7) is 7.24. The summed E-state index contributed by atoms with van der Waals surface area (Å²) < 4.78 is 10.9. The molecule has 138 valence electrons. The van der Waals surface area contributed by atoms with E-state index in [1.165, 1.54) is 0 Å². The maximum absolute atomic E-state index is 12.6. The summed E-state index contributed by atoms with van der Waals surface area (Å²) in [5.41, 5.74) is 1.40. The molecule has 1 aromatic heterocycles. The van der Waals surface area contributed by atoms with E-state index in [-0.39, 0.29) is 5.56 Å². The van der Waals surface area contributed by atoms with E-state index in [0.717, 1.165) is 0 Å². The van der Waals surface area contributed by atoms with Crippen molar-refractivity contribution in [3.63, 3.8) is 0 Å². The maximum Gasteiger partial charge on any atom is 0.343 e. The molecule has 0 fully saturated rings. The molecule has 0 spiro atoms. The van der Waals surface area contributed by atoms with Crippen molar-refractivity contribution in [1.82, 2.24) is 10.6 Å². The average Bonchev–Trinajstić information content (AvgIpc) is 2.85. The van der Waals surface area contributed by atoms with Gasteiger partial charge in [-0.15, -0.1) is 0 Å². The van der Waals surface area contributed by atoms with Crippen molar-refractivity contribution < 1.29 is 23.5 Å². The molecule has 2 rings (SSSR count). The van der Waals surface area contributed by atoms with Gasteiger partial charge >= 0.3 is 12.0 Å². The molecule has 0 saturated carbocycles. The predicted octanol–water partition coefficient (Wildman–Crippen LogP) is 2.95. The van der Waals surface area contributed by atoms with Crippen LogP contribution in [0.5, 0.6) is 0 Å². The molecule has 0 aliphatic heterocycles. The van der Waals surface area contributed by atoms with E-state index in [9.17, 15) is 14.4 Å². The van der Waals surface area contributed by atoms with Crippen molar-refractivity contribution >= 4 is 17.9 Å². The lowest BCUT2D eigenvalue weighted by Crippen LogP contribution is -2.42. The van der Waals surface area contributed by atoms with Crippen molar-refractivity contribution in [3.8, 4) is 0 Å². The second kappa shape index (κ2) is 8.33. The van der Waals surface area contributed by atoms with Crippen molar-refractivity contribution in [3.05, 3.63) is 58.5 Å². The van der Waals surface area contributed by atoms with Crippen molar-refractivity contribution in [2.75, 3.05) is 6.54 Å². The second-order valence-corrected chi connectivity index (χ2v) is 5.76. The van der Waals surface area contributed by atoms with Crippen molar-refractivity contribution in [2.24, 2.45) is 0 Å². The zero-order valence-electron chi connectivity index (χ0n) is 15.2. The van der Waals surface area contributed by atoms with Crippen LogP contribution in [0.25, 0.3) is 0 Å². The Morgan fingerprint density at radius 2 is 1.73 bits per heavy atom. The van der Waals surface area contributed by atoms with Gasteiger partial charge in [-0.25, -0.2) is 9.59 Å². The smallest absolute Gasteiger partial charge is 0.343 e. The first-order valence-corrected chi connectivity index (χ1v) is 8.26.